The molecular weight excluding hydrogens is 388 g/mol. The number of hydrogen-bond donors (Lipinski definition) is 1. The minimum Gasteiger partial charge on any atom is -0.493 e. The van der Waals surface area contributed by atoms with Gasteiger partial charge in [0.25, 0.3) is 0 Å². The van der Waals surface area contributed by atoms with E-state index in [9.17, 15) is 4.79 Å². The van der Waals surface area contributed by atoms with Gasteiger partial charge in [-0.1, -0.05) is 41.4 Å². The molecule has 0 aliphatic carbocycles. The van der Waals surface area contributed by atoms with E-state index in [1.165, 1.54) is 5.56 Å². The van der Waals surface area contributed by atoms with Crippen LogP contribution in [0.4, 0.5) is 0 Å². The first-order valence-corrected chi connectivity index (χ1v) is 10.5. The monoisotopic (exact) mass is 416 g/mol. The fourth-order valence-electron chi connectivity index (χ4n) is 3.39. The molecule has 0 aromatic heterocycles. The first kappa shape index (κ1) is 21.5. The molecule has 1 aliphatic rings. The molecule has 0 atom stereocenters. The Kier molecular flexibility index (Phi) is 7.78. The molecule has 3 rings (SSSR count). The lowest BCUT2D eigenvalue weighted by Crippen LogP contribution is -2.28. The Bertz CT molecular complexity index is 824. The van der Waals surface area contributed by atoms with Crippen LogP contribution in [0.15, 0.2) is 36.4 Å². The highest BCUT2D eigenvalue weighted by Gasteiger charge is 2.19. The van der Waals surface area contributed by atoms with Crippen molar-refractivity contribution in [3.63, 3.8) is 0 Å². The van der Waals surface area contributed by atoms with Crippen LogP contribution in [0.1, 0.15) is 36.0 Å². The summed E-state index contributed by atoms with van der Waals surface area (Å²) in [5.41, 5.74) is 3.28. The van der Waals surface area contributed by atoms with Gasteiger partial charge in [-0.15, -0.1) is 0 Å². The molecule has 1 aliphatic heterocycles. The zero-order valence-corrected chi connectivity index (χ0v) is 17.9. The summed E-state index contributed by atoms with van der Waals surface area (Å²) in [4.78, 5) is 13.6. The Morgan fingerprint density at radius 3 is 2.66 bits per heavy atom. The summed E-state index contributed by atoms with van der Waals surface area (Å²) in [5.74, 6) is 1.58. The van der Waals surface area contributed by atoms with E-state index >= 15 is 0 Å². The van der Waals surface area contributed by atoms with Gasteiger partial charge in [0.1, 0.15) is 6.61 Å². The Morgan fingerprint density at radius 2 is 1.97 bits per heavy atom. The average molecular weight is 417 g/mol. The molecule has 0 unspecified atom stereocenters. The molecule has 1 fully saturated rings. The zero-order valence-electron chi connectivity index (χ0n) is 17.2. The van der Waals surface area contributed by atoms with Crippen molar-refractivity contribution >= 4 is 17.5 Å². The second-order valence-electron chi connectivity index (χ2n) is 7.38. The van der Waals surface area contributed by atoms with E-state index in [0.29, 0.717) is 36.1 Å². The van der Waals surface area contributed by atoms with Gasteiger partial charge in [-0.05, 0) is 43.5 Å². The maximum atomic E-state index is 11.6. The molecule has 1 N–H and O–H groups in total. The maximum absolute atomic E-state index is 11.6. The molecule has 1 amide bonds. The SMILES string of the molecule is COc1cc(CNCCCN2CCCC2=O)c(Cl)cc1OCc1ccc(C)cc1. The van der Waals surface area contributed by atoms with Gasteiger partial charge in [0.15, 0.2) is 11.5 Å². The number of ether oxygens (including phenoxy) is 2. The average Bonchev–Trinajstić information content (AvgIpc) is 3.13. The summed E-state index contributed by atoms with van der Waals surface area (Å²) >= 11 is 6.47. The van der Waals surface area contributed by atoms with Crippen molar-refractivity contribution in [1.29, 1.82) is 0 Å². The summed E-state index contributed by atoms with van der Waals surface area (Å²) < 4.78 is 11.4. The highest BCUT2D eigenvalue weighted by molar-refractivity contribution is 6.31. The number of aryl methyl sites for hydroxylation is 1. The fourth-order valence-corrected chi connectivity index (χ4v) is 3.61. The number of carbonyl (C=O) groups is 1. The quantitative estimate of drug-likeness (QED) is 0.585. The van der Waals surface area contributed by atoms with Crippen molar-refractivity contribution < 1.29 is 14.3 Å². The number of hydrogen-bond acceptors (Lipinski definition) is 4. The van der Waals surface area contributed by atoms with Gasteiger partial charge in [0, 0.05) is 37.1 Å². The van der Waals surface area contributed by atoms with Crippen molar-refractivity contribution in [2.75, 3.05) is 26.7 Å². The van der Waals surface area contributed by atoms with Crippen LogP contribution in [-0.2, 0) is 17.9 Å². The maximum Gasteiger partial charge on any atom is 0.222 e. The van der Waals surface area contributed by atoms with Crippen molar-refractivity contribution in [3.05, 3.63) is 58.1 Å². The van der Waals surface area contributed by atoms with Crippen LogP contribution in [0.3, 0.4) is 0 Å². The summed E-state index contributed by atoms with van der Waals surface area (Å²) in [5, 5.41) is 4.04. The second-order valence-corrected chi connectivity index (χ2v) is 7.79. The van der Waals surface area contributed by atoms with Gasteiger partial charge in [-0.25, -0.2) is 0 Å². The number of carbonyl (C=O) groups excluding carboxylic acids is 1. The standard InChI is InChI=1S/C23H29ClN2O3/c1-17-6-8-18(9-7-17)16-29-22-14-20(24)19(13-21(22)28-2)15-25-10-4-12-26-11-3-5-23(26)27/h6-9,13-14,25H,3-5,10-12,15-16H2,1-2H3. The van der Waals surface area contributed by atoms with E-state index in [0.717, 1.165) is 43.6 Å². The topological polar surface area (TPSA) is 50.8 Å². The van der Waals surface area contributed by atoms with E-state index in [1.54, 1.807) is 7.11 Å². The minimum absolute atomic E-state index is 0.277. The largest absolute Gasteiger partial charge is 0.493 e. The third kappa shape index (κ3) is 6.12. The molecule has 1 heterocycles. The summed E-state index contributed by atoms with van der Waals surface area (Å²) in [6.07, 6.45) is 2.61. The van der Waals surface area contributed by atoms with E-state index in [2.05, 4.69) is 36.5 Å². The molecule has 0 spiro atoms. The third-order valence-electron chi connectivity index (χ3n) is 5.12. The Labute approximate surface area is 177 Å². The molecule has 6 heteroatoms. The van der Waals surface area contributed by atoms with Crippen molar-refractivity contribution in [3.8, 4) is 11.5 Å². The van der Waals surface area contributed by atoms with Crippen LogP contribution < -0.4 is 14.8 Å². The Morgan fingerprint density at radius 1 is 1.17 bits per heavy atom. The van der Waals surface area contributed by atoms with Crippen molar-refractivity contribution in [2.45, 2.75) is 39.3 Å². The number of nitrogens with one attached hydrogen (secondary N) is 1. The number of nitrogens with zero attached hydrogens (tertiary/aromatic N) is 1. The first-order chi connectivity index (χ1) is 14.1. The lowest BCUT2D eigenvalue weighted by Gasteiger charge is -2.16. The number of amides is 1. The smallest absolute Gasteiger partial charge is 0.222 e. The molecule has 156 valence electrons. The first-order valence-electron chi connectivity index (χ1n) is 10.1. The molecule has 0 radical (unpaired) electrons. The van der Waals surface area contributed by atoms with Gasteiger partial charge in [0.2, 0.25) is 5.91 Å². The molecule has 29 heavy (non-hydrogen) atoms. The van der Waals surface area contributed by atoms with Crippen LogP contribution in [0.25, 0.3) is 0 Å². The molecule has 5 nitrogen and oxygen atoms in total. The Hall–Kier alpha value is -2.24. The van der Waals surface area contributed by atoms with E-state index in [-0.39, 0.29) is 5.91 Å². The van der Waals surface area contributed by atoms with Gasteiger partial charge in [-0.2, -0.15) is 0 Å². The third-order valence-corrected chi connectivity index (χ3v) is 5.47. The number of methoxy groups -OCH3 is 1. The van der Waals surface area contributed by atoms with E-state index in [1.807, 2.05) is 17.0 Å². The van der Waals surface area contributed by atoms with Gasteiger partial charge in [0.05, 0.1) is 7.11 Å². The van der Waals surface area contributed by atoms with Gasteiger partial charge < -0.3 is 19.7 Å². The van der Waals surface area contributed by atoms with Crippen LogP contribution in [0.5, 0.6) is 11.5 Å². The second kappa shape index (κ2) is 10.5. The zero-order chi connectivity index (χ0) is 20.6. The molecule has 0 bridgehead atoms. The molecular formula is C23H29ClN2O3. The Balaban J connectivity index is 1.50. The van der Waals surface area contributed by atoms with Gasteiger partial charge >= 0.3 is 0 Å². The van der Waals surface area contributed by atoms with Crippen LogP contribution in [0, 0.1) is 6.92 Å². The predicted octanol–water partition coefficient (Wildman–Crippen LogP) is 4.34. The number of likely N-dealkylation sites (tertiary alicyclic amines) is 1. The highest BCUT2D eigenvalue weighted by Crippen LogP contribution is 2.34. The highest BCUT2D eigenvalue weighted by atomic mass is 35.5. The summed E-state index contributed by atoms with van der Waals surface area (Å²) in [7, 11) is 1.63. The summed E-state index contributed by atoms with van der Waals surface area (Å²) in [6.45, 7) is 5.70. The molecule has 0 saturated carbocycles. The molecule has 2 aromatic rings. The van der Waals surface area contributed by atoms with E-state index in [4.69, 9.17) is 21.1 Å². The number of halogens is 1. The normalized spacial score (nSPS) is 13.8. The van der Waals surface area contributed by atoms with Crippen molar-refractivity contribution in [2.24, 2.45) is 0 Å². The lowest BCUT2D eigenvalue weighted by molar-refractivity contribution is -0.127. The molecule has 2 aromatic carbocycles. The number of benzene rings is 2. The fraction of sp³-hybridized carbons (Fsp3) is 0.435. The van der Waals surface area contributed by atoms with Crippen LogP contribution in [-0.4, -0.2) is 37.6 Å². The molecule has 1 saturated heterocycles. The van der Waals surface area contributed by atoms with Crippen LogP contribution in [0.2, 0.25) is 5.02 Å². The van der Waals surface area contributed by atoms with Gasteiger partial charge in [-0.3, -0.25) is 4.79 Å². The van der Waals surface area contributed by atoms with Crippen molar-refractivity contribution in [1.82, 2.24) is 10.2 Å². The summed E-state index contributed by atoms with van der Waals surface area (Å²) in [6, 6.07) is 12.0. The minimum atomic E-state index is 0.277. The number of rotatable bonds is 10. The lowest BCUT2D eigenvalue weighted by atomic mass is 10.1. The predicted molar refractivity (Wildman–Crippen MR) is 116 cm³/mol. The van der Waals surface area contributed by atoms with E-state index < -0.39 is 0 Å². The van der Waals surface area contributed by atoms with Crippen LogP contribution >= 0.6 is 11.6 Å².